The number of esters is 1. The van der Waals surface area contributed by atoms with E-state index >= 15 is 0 Å². The molecule has 4 aliphatic carbocycles. The molecule has 1 aromatic carbocycles. The third-order valence-electron chi connectivity index (χ3n) is 12.3. The summed E-state index contributed by atoms with van der Waals surface area (Å²) in [6.07, 6.45) is 16.1. The molecule has 4 aliphatic rings. The fourth-order valence-electron chi connectivity index (χ4n) is 10.3. The molecule has 1 N–H and O–H groups in total. The second-order valence-corrected chi connectivity index (χ2v) is 14.0. The zero-order valence-electron chi connectivity index (χ0n) is 24.3. The number of carbonyl (C=O) groups is 2. The van der Waals surface area contributed by atoms with Gasteiger partial charge in [-0.25, -0.2) is 4.79 Å². The lowest BCUT2D eigenvalue weighted by Crippen LogP contribution is -2.53. The van der Waals surface area contributed by atoms with E-state index in [4.69, 9.17) is 4.74 Å². The molecule has 0 bridgehead atoms. The van der Waals surface area contributed by atoms with Crippen molar-refractivity contribution in [3.63, 3.8) is 0 Å². The van der Waals surface area contributed by atoms with E-state index < -0.39 is 6.04 Å². The number of amides is 1. The van der Waals surface area contributed by atoms with Crippen LogP contribution in [0, 0.1) is 46.3 Å². The number of fused-ring (bicyclic) bond motifs is 5. The number of carbonyl (C=O) groups excluding carboxylic acids is 2. The van der Waals surface area contributed by atoms with Gasteiger partial charge in [-0.1, -0.05) is 63.9 Å². The van der Waals surface area contributed by atoms with Crippen LogP contribution in [0.2, 0.25) is 0 Å². The van der Waals surface area contributed by atoms with Crippen LogP contribution in [0.5, 0.6) is 0 Å². The molecule has 9 atom stereocenters. The molecule has 38 heavy (non-hydrogen) atoms. The van der Waals surface area contributed by atoms with E-state index in [1.807, 2.05) is 30.3 Å². The van der Waals surface area contributed by atoms with Crippen LogP contribution in [-0.4, -0.2) is 25.0 Å². The van der Waals surface area contributed by atoms with Crippen molar-refractivity contribution in [3.8, 4) is 0 Å². The standard InChI is InChI=1S/C34H51NO3/c1-23(13-18-31(36)35-30(32(37)38-4)22-24-10-6-5-7-11-24)27-16-17-28-26-15-14-25-12-8-9-20-33(25,2)29(26)19-21-34(27,28)3/h5-7,10-11,23,25-30H,8-9,12-22H2,1-4H3,(H,35,36). The summed E-state index contributed by atoms with van der Waals surface area (Å²) in [7, 11) is 1.39. The second-order valence-electron chi connectivity index (χ2n) is 14.0. The Kier molecular flexibility index (Phi) is 8.27. The molecule has 4 fully saturated rings. The van der Waals surface area contributed by atoms with Crippen LogP contribution in [0.15, 0.2) is 30.3 Å². The molecule has 5 rings (SSSR count). The predicted molar refractivity (Wildman–Crippen MR) is 152 cm³/mol. The number of benzene rings is 1. The largest absolute Gasteiger partial charge is 0.467 e. The highest BCUT2D eigenvalue weighted by molar-refractivity contribution is 5.84. The molecule has 1 aromatic rings. The quantitative estimate of drug-likeness (QED) is 0.364. The number of hydrogen-bond acceptors (Lipinski definition) is 3. The fourth-order valence-corrected chi connectivity index (χ4v) is 10.3. The molecular weight excluding hydrogens is 470 g/mol. The Labute approximate surface area is 231 Å². The van der Waals surface area contributed by atoms with Crippen LogP contribution in [0.4, 0.5) is 0 Å². The lowest BCUT2D eigenvalue weighted by atomic mass is 9.44. The van der Waals surface area contributed by atoms with Gasteiger partial charge >= 0.3 is 5.97 Å². The van der Waals surface area contributed by atoms with Crippen molar-refractivity contribution in [2.45, 2.75) is 110 Å². The summed E-state index contributed by atoms with van der Waals surface area (Å²) in [5.74, 6) is 4.55. The highest BCUT2D eigenvalue weighted by Crippen LogP contribution is 2.68. The Morgan fingerprint density at radius 3 is 2.47 bits per heavy atom. The lowest BCUT2D eigenvalue weighted by Gasteiger charge is -2.61. The maximum Gasteiger partial charge on any atom is 0.328 e. The molecule has 210 valence electrons. The Balaban J connectivity index is 1.18. The summed E-state index contributed by atoms with van der Waals surface area (Å²) in [6, 6.07) is 9.20. The molecule has 4 saturated carbocycles. The van der Waals surface area contributed by atoms with E-state index in [9.17, 15) is 9.59 Å². The second kappa shape index (κ2) is 11.3. The summed E-state index contributed by atoms with van der Waals surface area (Å²) in [5.41, 5.74) is 2.05. The summed E-state index contributed by atoms with van der Waals surface area (Å²) in [5, 5.41) is 2.98. The summed E-state index contributed by atoms with van der Waals surface area (Å²) in [6.45, 7) is 7.67. The molecule has 0 heterocycles. The molecule has 0 saturated heterocycles. The summed E-state index contributed by atoms with van der Waals surface area (Å²) in [4.78, 5) is 25.4. The van der Waals surface area contributed by atoms with Crippen LogP contribution in [0.3, 0.4) is 0 Å². The monoisotopic (exact) mass is 521 g/mol. The van der Waals surface area contributed by atoms with Crippen molar-refractivity contribution < 1.29 is 14.3 Å². The van der Waals surface area contributed by atoms with E-state index in [0.29, 0.717) is 35.5 Å². The number of nitrogens with one attached hydrogen (secondary N) is 1. The van der Waals surface area contributed by atoms with Gasteiger partial charge in [0.25, 0.3) is 0 Å². The van der Waals surface area contributed by atoms with Gasteiger partial charge in [-0.15, -0.1) is 0 Å². The molecule has 4 nitrogen and oxygen atoms in total. The first-order chi connectivity index (χ1) is 18.3. The van der Waals surface area contributed by atoms with Crippen LogP contribution >= 0.6 is 0 Å². The first kappa shape index (κ1) is 27.7. The number of hydrogen-bond donors (Lipinski definition) is 1. The number of ether oxygens (including phenoxy) is 1. The first-order valence-corrected chi connectivity index (χ1v) is 15.7. The zero-order valence-corrected chi connectivity index (χ0v) is 24.3. The zero-order chi connectivity index (χ0) is 26.9. The van der Waals surface area contributed by atoms with Gasteiger partial charge in [0.05, 0.1) is 7.11 Å². The van der Waals surface area contributed by atoms with Gasteiger partial charge in [-0.2, -0.15) is 0 Å². The topological polar surface area (TPSA) is 55.4 Å². The molecule has 0 aromatic heterocycles. The van der Waals surface area contributed by atoms with Crippen molar-refractivity contribution in [2.75, 3.05) is 7.11 Å². The average molecular weight is 522 g/mol. The van der Waals surface area contributed by atoms with Gasteiger partial charge in [0.2, 0.25) is 5.91 Å². The van der Waals surface area contributed by atoms with E-state index in [-0.39, 0.29) is 11.9 Å². The van der Waals surface area contributed by atoms with Crippen molar-refractivity contribution >= 4 is 11.9 Å². The van der Waals surface area contributed by atoms with Gasteiger partial charge in [0, 0.05) is 12.8 Å². The molecule has 0 spiro atoms. The van der Waals surface area contributed by atoms with E-state index in [1.165, 1.54) is 71.3 Å². The average Bonchev–Trinajstić information content (AvgIpc) is 3.28. The smallest absolute Gasteiger partial charge is 0.328 e. The Hall–Kier alpha value is -1.84. The Morgan fingerprint density at radius 2 is 1.71 bits per heavy atom. The van der Waals surface area contributed by atoms with Gasteiger partial charge < -0.3 is 10.1 Å². The SMILES string of the molecule is COC(=O)C(Cc1ccccc1)NC(=O)CCC(C)C1CCC2C3CCC4CCCCC4(C)C3CCC12C. The van der Waals surface area contributed by atoms with Gasteiger partial charge in [-0.05, 0) is 110 Å². The Bertz CT molecular complexity index is 977. The molecule has 4 heteroatoms. The highest BCUT2D eigenvalue weighted by atomic mass is 16.5. The minimum atomic E-state index is -0.634. The van der Waals surface area contributed by atoms with E-state index in [0.717, 1.165) is 35.7 Å². The van der Waals surface area contributed by atoms with Crippen molar-refractivity contribution in [3.05, 3.63) is 35.9 Å². The van der Waals surface area contributed by atoms with Crippen LogP contribution < -0.4 is 5.32 Å². The van der Waals surface area contributed by atoms with E-state index in [1.54, 1.807) is 0 Å². The maximum absolute atomic E-state index is 13.0. The van der Waals surface area contributed by atoms with Crippen LogP contribution in [0.25, 0.3) is 0 Å². The lowest BCUT2D eigenvalue weighted by molar-refractivity contribution is -0.145. The third-order valence-corrected chi connectivity index (χ3v) is 12.3. The van der Waals surface area contributed by atoms with Gasteiger partial charge in [0.1, 0.15) is 6.04 Å². The first-order valence-electron chi connectivity index (χ1n) is 15.7. The number of rotatable bonds is 8. The van der Waals surface area contributed by atoms with E-state index in [2.05, 4.69) is 26.1 Å². The normalized spacial score (nSPS) is 37.7. The molecule has 0 radical (unpaired) electrons. The molecule has 1 amide bonds. The van der Waals surface area contributed by atoms with Gasteiger partial charge in [-0.3, -0.25) is 4.79 Å². The molecular formula is C34H51NO3. The minimum absolute atomic E-state index is 0.0323. The Morgan fingerprint density at radius 1 is 0.947 bits per heavy atom. The summed E-state index contributed by atoms with van der Waals surface area (Å²) < 4.78 is 4.99. The minimum Gasteiger partial charge on any atom is -0.467 e. The number of methoxy groups -OCH3 is 1. The maximum atomic E-state index is 13.0. The molecule has 0 aliphatic heterocycles. The van der Waals surface area contributed by atoms with Crippen LogP contribution in [0.1, 0.15) is 103 Å². The highest BCUT2D eigenvalue weighted by Gasteiger charge is 2.60. The van der Waals surface area contributed by atoms with Crippen molar-refractivity contribution in [1.82, 2.24) is 5.32 Å². The fraction of sp³-hybridized carbons (Fsp3) is 0.765. The van der Waals surface area contributed by atoms with Crippen molar-refractivity contribution in [2.24, 2.45) is 46.3 Å². The van der Waals surface area contributed by atoms with Gasteiger partial charge in [0.15, 0.2) is 0 Å². The predicted octanol–water partition coefficient (Wildman–Crippen LogP) is 7.35. The summed E-state index contributed by atoms with van der Waals surface area (Å²) >= 11 is 0. The van der Waals surface area contributed by atoms with Crippen molar-refractivity contribution in [1.29, 1.82) is 0 Å². The van der Waals surface area contributed by atoms with Crippen LogP contribution in [-0.2, 0) is 20.7 Å². The molecule has 9 unspecified atom stereocenters. The third kappa shape index (κ3) is 5.18.